The topological polar surface area (TPSA) is 152 Å². The molecule has 4 aliphatic carbocycles. The maximum absolute atomic E-state index is 13.5. The number of nitrogens with two attached hydrogens (primary N) is 1. The number of aromatic hydroxyl groups is 1. The fourth-order valence-corrected chi connectivity index (χ4v) is 6.18. The first-order chi connectivity index (χ1) is 16.6. The lowest BCUT2D eigenvalue weighted by Crippen LogP contribution is -2.68. The number of ketones is 4. The van der Waals surface area contributed by atoms with Crippen LogP contribution >= 0.6 is 0 Å². The van der Waals surface area contributed by atoms with Crippen LogP contribution < -0.4 is 5.73 Å². The predicted octanol–water partition coefficient (Wildman–Crippen LogP) is 1.18. The summed E-state index contributed by atoms with van der Waals surface area (Å²) >= 11 is 0. The number of carbonyl (C=O) groups excluding carboxylic acids is 5. The molecular formula is C27H25NO7. The summed E-state index contributed by atoms with van der Waals surface area (Å²) in [5, 5.41) is 21.7. The third kappa shape index (κ3) is 3.45. The van der Waals surface area contributed by atoms with Crippen LogP contribution in [-0.2, 0) is 25.6 Å². The molecule has 0 spiro atoms. The van der Waals surface area contributed by atoms with Crippen molar-refractivity contribution in [3.8, 4) is 17.6 Å². The Labute approximate surface area is 201 Å². The van der Waals surface area contributed by atoms with Crippen molar-refractivity contribution in [1.82, 2.24) is 0 Å². The van der Waals surface area contributed by atoms with Crippen molar-refractivity contribution >= 4 is 29.0 Å². The Morgan fingerprint density at radius 1 is 1.06 bits per heavy atom. The SMILES string of the molecule is NC(=O)C1C(=O)C[C@@H]2C[C@@H]3Cc4c(C#CC5=CCCCC5)ccc(O)c4C(=O)C3C(=O)[C@]2(O)C1=O. The van der Waals surface area contributed by atoms with Gasteiger partial charge in [0.05, 0.1) is 11.5 Å². The Balaban J connectivity index is 1.55. The molecule has 2 fully saturated rings. The van der Waals surface area contributed by atoms with E-state index in [2.05, 4.69) is 17.9 Å². The van der Waals surface area contributed by atoms with E-state index in [-0.39, 0.29) is 30.6 Å². The van der Waals surface area contributed by atoms with Crippen molar-refractivity contribution in [2.45, 2.75) is 50.5 Å². The second-order valence-corrected chi connectivity index (χ2v) is 9.95. The summed E-state index contributed by atoms with van der Waals surface area (Å²) in [6, 6.07) is 3.00. The summed E-state index contributed by atoms with van der Waals surface area (Å²) in [7, 11) is 0. The van der Waals surface area contributed by atoms with Crippen LogP contribution in [0.2, 0.25) is 0 Å². The first-order valence-electron chi connectivity index (χ1n) is 11.9. The minimum Gasteiger partial charge on any atom is -0.507 e. The number of allylic oxidation sites excluding steroid dienone is 2. The Bertz CT molecular complexity index is 1300. The second kappa shape index (κ2) is 8.28. The number of phenolic OH excluding ortho intramolecular Hbond substituents is 1. The van der Waals surface area contributed by atoms with Gasteiger partial charge in [0.15, 0.2) is 34.7 Å². The molecule has 4 aliphatic rings. The summed E-state index contributed by atoms with van der Waals surface area (Å²) in [6.45, 7) is 0. The van der Waals surface area contributed by atoms with Gasteiger partial charge in [0.25, 0.3) is 0 Å². The van der Waals surface area contributed by atoms with Gasteiger partial charge < -0.3 is 15.9 Å². The fourth-order valence-electron chi connectivity index (χ4n) is 6.18. The lowest BCUT2D eigenvalue weighted by molar-refractivity contribution is -0.175. The number of amides is 1. The molecule has 0 aromatic heterocycles. The number of hydrogen-bond donors (Lipinski definition) is 3. The Morgan fingerprint density at radius 3 is 2.51 bits per heavy atom. The third-order valence-electron chi connectivity index (χ3n) is 7.93. The minimum atomic E-state index is -2.64. The van der Waals surface area contributed by atoms with Gasteiger partial charge in [0.1, 0.15) is 5.75 Å². The average molecular weight is 475 g/mol. The molecular weight excluding hydrogens is 450 g/mol. The summed E-state index contributed by atoms with van der Waals surface area (Å²) in [6.07, 6.45) is 6.09. The van der Waals surface area contributed by atoms with E-state index in [4.69, 9.17) is 5.73 Å². The van der Waals surface area contributed by atoms with Gasteiger partial charge in [-0.2, -0.15) is 0 Å². The summed E-state index contributed by atoms with van der Waals surface area (Å²) in [5.74, 6) is -3.84. The highest BCUT2D eigenvalue weighted by Crippen LogP contribution is 2.50. The molecule has 2 saturated carbocycles. The molecule has 0 radical (unpaired) electrons. The number of Topliss-reactive ketones (excluding diaryl/α,β-unsaturated/α-hetero) is 4. The molecule has 1 aromatic carbocycles. The number of benzene rings is 1. The number of rotatable bonds is 1. The highest BCUT2D eigenvalue weighted by Gasteiger charge is 2.66. The number of carbonyl (C=O) groups is 5. The lowest BCUT2D eigenvalue weighted by Gasteiger charge is -2.48. The third-order valence-corrected chi connectivity index (χ3v) is 7.93. The second-order valence-electron chi connectivity index (χ2n) is 9.95. The number of aliphatic hydroxyl groups is 1. The van der Waals surface area contributed by atoms with Gasteiger partial charge in [-0.1, -0.05) is 17.9 Å². The summed E-state index contributed by atoms with van der Waals surface area (Å²) in [4.78, 5) is 64.1. The van der Waals surface area contributed by atoms with Crippen molar-refractivity contribution in [3.05, 3.63) is 40.5 Å². The van der Waals surface area contributed by atoms with Crippen molar-refractivity contribution in [2.24, 2.45) is 29.4 Å². The van der Waals surface area contributed by atoms with Crippen molar-refractivity contribution in [3.63, 3.8) is 0 Å². The molecule has 35 heavy (non-hydrogen) atoms. The Kier molecular flexibility index (Phi) is 5.48. The van der Waals surface area contributed by atoms with Gasteiger partial charge in [-0.15, -0.1) is 0 Å². The molecule has 1 amide bonds. The molecule has 4 N–H and O–H groups in total. The van der Waals surface area contributed by atoms with Crippen LogP contribution in [0.25, 0.3) is 0 Å². The van der Waals surface area contributed by atoms with E-state index in [1.807, 2.05) is 0 Å². The van der Waals surface area contributed by atoms with Crippen molar-refractivity contribution < 1.29 is 34.2 Å². The Morgan fingerprint density at radius 2 is 1.83 bits per heavy atom. The van der Waals surface area contributed by atoms with E-state index in [0.717, 1.165) is 31.3 Å². The van der Waals surface area contributed by atoms with Gasteiger partial charge >= 0.3 is 0 Å². The average Bonchev–Trinajstić information content (AvgIpc) is 2.81. The minimum absolute atomic E-state index is 0.0307. The molecule has 0 heterocycles. The van der Waals surface area contributed by atoms with Gasteiger partial charge in [0.2, 0.25) is 5.91 Å². The Hall–Kier alpha value is -3.57. The van der Waals surface area contributed by atoms with Gasteiger partial charge in [-0.05, 0) is 67.7 Å². The molecule has 0 bridgehead atoms. The van der Waals surface area contributed by atoms with E-state index in [1.54, 1.807) is 6.07 Å². The highest BCUT2D eigenvalue weighted by atomic mass is 16.3. The van der Waals surface area contributed by atoms with E-state index in [9.17, 15) is 34.2 Å². The molecule has 2 unspecified atom stereocenters. The number of phenols is 1. The van der Waals surface area contributed by atoms with Gasteiger partial charge in [-0.25, -0.2) is 0 Å². The predicted molar refractivity (Wildman–Crippen MR) is 122 cm³/mol. The largest absolute Gasteiger partial charge is 0.507 e. The zero-order chi connectivity index (χ0) is 25.1. The first-order valence-corrected chi connectivity index (χ1v) is 11.9. The fraction of sp³-hybridized carbons (Fsp3) is 0.444. The zero-order valence-corrected chi connectivity index (χ0v) is 19.0. The molecule has 5 rings (SSSR count). The molecule has 0 aliphatic heterocycles. The monoisotopic (exact) mass is 475 g/mol. The first kappa shape index (κ1) is 23.2. The van der Waals surface area contributed by atoms with Crippen molar-refractivity contribution in [1.29, 1.82) is 0 Å². The quantitative estimate of drug-likeness (QED) is 0.407. The van der Waals surface area contributed by atoms with Crippen LogP contribution in [0.3, 0.4) is 0 Å². The van der Waals surface area contributed by atoms with Crippen LogP contribution in [0.15, 0.2) is 23.8 Å². The van der Waals surface area contributed by atoms with E-state index >= 15 is 0 Å². The van der Waals surface area contributed by atoms with E-state index in [1.165, 1.54) is 6.07 Å². The standard InChI is InChI=1S/C27H25NO7/c28-26(34)22-19(30)12-16-10-15-11-17-14(7-6-13-4-2-1-3-5-13)8-9-18(29)21(17)23(31)20(15)24(32)27(16,35)25(22)33/h4,8-9,15-16,20,22,29,35H,1-3,5,10-12H2,(H2,28,34)/t15-,16+,20?,22?,27+/m1/s1. The maximum atomic E-state index is 13.5. The van der Waals surface area contributed by atoms with Crippen LogP contribution in [0.4, 0.5) is 0 Å². The highest BCUT2D eigenvalue weighted by molar-refractivity contribution is 6.31. The van der Waals surface area contributed by atoms with Gasteiger partial charge in [-0.3, -0.25) is 24.0 Å². The van der Waals surface area contributed by atoms with E-state index < -0.39 is 58.3 Å². The summed E-state index contributed by atoms with van der Waals surface area (Å²) < 4.78 is 0. The van der Waals surface area contributed by atoms with Crippen LogP contribution in [0.1, 0.15) is 60.0 Å². The molecule has 0 saturated heterocycles. The molecule has 8 heteroatoms. The van der Waals surface area contributed by atoms with Crippen LogP contribution in [0, 0.1) is 35.5 Å². The smallest absolute Gasteiger partial charge is 0.235 e. The lowest BCUT2D eigenvalue weighted by atomic mass is 9.53. The van der Waals surface area contributed by atoms with Gasteiger partial charge in [0, 0.05) is 17.9 Å². The normalized spacial score (nSPS) is 32.0. The molecule has 180 valence electrons. The van der Waals surface area contributed by atoms with Crippen LogP contribution in [0.5, 0.6) is 5.75 Å². The molecule has 5 atom stereocenters. The number of hydrogen-bond acceptors (Lipinski definition) is 7. The number of fused-ring (bicyclic) bond motifs is 3. The number of primary amides is 1. The summed E-state index contributed by atoms with van der Waals surface area (Å²) in [5.41, 5.74) is 4.66. The van der Waals surface area contributed by atoms with E-state index in [0.29, 0.717) is 11.1 Å². The molecule has 8 nitrogen and oxygen atoms in total. The van der Waals surface area contributed by atoms with Crippen LogP contribution in [-0.4, -0.2) is 44.9 Å². The molecule has 1 aromatic rings. The van der Waals surface area contributed by atoms with Crippen molar-refractivity contribution in [2.75, 3.05) is 0 Å². The maximum Gasteiger partial charge on any atom is 0.235 e. The zero-order valence-electron chi connectivity index (χ0n) is 19.0.